The Labute approximate surface area is 87.2 Å². The second-order valence-electron chi connectivity index (χ2n) is 4.11. The molecule has 2 rings (SSSR count). The standard InChI is InChI=1S/C11H12N2O2/c1-3-6-12-7-8-13(10(15)9(12)14)11(2)4-5-11/h1,7-8H,4-6H2,2H3. The Bertz CT molecular complexity index is 541. The summed E-state index contributed by atoms with van der Waals surface area (Å²) in [5, 5.41) is 0. The lowest BCUT2D eigenvalue weighted by Gasteiger charge is -2.12. The van der Waals surface area contributed by atoms with E-state index in [1.807, 2.05) is 6.92 Å². The monoisotopic (exact) mass is 204 g/mol. The molecule has 0 spiro atoms. The first-order valence-electron chi connectivity index (χ1n) is 4.84. The van der Waals surface area contributed by atoms with Crippen molar-refractivity contribution in [1.82, 2.24) is 9.13 Å². The Morgan fingerprint density at radius 3 is 2.60 bits per heavy atom. The van der Waals surface area contributed by atoms with E-state index in [1.54, 1.807) is 12.4 Å². The van der Waals surface area contributed by atoms with Crippen molar-refractivity contribution in [2.24, 2.45) is 0 Å². The van der Waals surface area contributed by atoms with Gasteiger partial charge in [-0.3, -0.25) is 14.2 Å². The molecule has 0 atom stereocenters. The summed E-state index contributed by atoms with van der Waals surface area (Å²) >= 11 is 0. The average Bonchev–Trinajstić information content (AvgIpc) is 2.93. The van der Waals surface area contributed by atoms with Gasteiger partial charge in [-0.2, -0.15) is 0 Å². The Hall–Kier alpha value is -1.76. The first kappa shape index (κ1) is 9.78. The third-order valence-electron chi connectivity index (χ3n) is 2.88. The maximum atomic E-state index is 11.7. The first-order chi connectivity index (χ1) is 7.08. The molecule has 1 saturated carbocycles. The average molecular weight is 204 g/mol. The fourth-order valence-corrected chi connectivity index (χ4v) is 1.58. The molecular weight excluding hydrogens is 192 g/mol. The molecule has 15 heavy (non-hydrogen) atoms. The number of terminal acetylenes is 1. The van der Waals surface area contributed by atoms with E-state index >= 15 is 0 Å². The molecule has 0 unspecified atom stereocenters. The molecule has 0 saturated heterocycles. The highest BCUT2D eigenvalue weighted by Crippen LogP contribution is 2.41. The van der Waals surface area contributed by atoms with E-state index in [9.17, 15) is 9.59 Å². The molecule has 0 bridgehead atoms. The van der Waals surface area contributed by atoms with Crippen LogP contribution in [0.15, 0.2) is 22.0 Å². The summed E-state index contributed by atoms with van der Waals surface area (Å²) in [5.74, 6) is 2.34. The number of hydrogen-bond donors (Lipinski definition) is 0. The van der Waals surface area contributed by atoms with Gasteiger partial charge in [-0.25, -0.2) is 0 Å². The largest absolute Gasteiger partial charge is 0.317 e. The highest BCUT2D eigenvalue weighted by molar-refractivity contribution is 5.02. The molecule has 4 heteroatoms. The zero-order valence-corrected chi connectivity index (χ0v) is 8.56. The molecule has 1 aliphatic rings. The normalized spacial score (nSPS) is 17.1. The lowest BCUT2D eigenvalue weighted by atomic mass is 10.3. The van der Waals surface area contributed by atoms with E-state index in [4.69, 9.17) is 6.42 Å². The summed E-state index contributed by atoms with van der Waals surface area (Å²) in [7, 11) is 0. The van der Waals surface area contributed by atoms with E-state index in [-0.39, 0.29) is 12.1 Å². The molecule has 0 radical (unpaired) electrons. The van der Waals surface area contributed by atoms with Crippen LogP contribution in [0.4, 0.5) is 0 Å². The number of aromatic nitrogens is 2. The van der Waals surface area contributed by atoms with Gasteiger partial charge in [0.15, 0.2) is 0 Å². The van der Waals surface area contributed by atoms with Crippen LogP contribution < -0.4 is 11.1 Å². The van der Waals surface area contributed by atoms with Crippen LogP contribution in [0.25, 0.3) is 0 Å². The van der Waals surface area contributed by atoms with Gasteiger partial charge in [-0.15, -0.1) is 6.42 Å². The Kier molecular flexibility index (Phi) is 2.04. The molecule has 0 aliphatic heterocycles. The molecule has 1 heterocycles. The van der Waals surface area contributed by atoms with Crippen LogP contribution in [0.5, 0.6) is 0 Å². The summed E-state index contributed by atoms with van der Waals surface area (Å²) in [5.41, 5.74) is -1.16. The van der Waals surface area contributed by atoms with Crippen LogP contribution >= 0.6 is 0 Å². The highest BCUT2D eigenvalue weighted by atomic mass is 16.2. The smallest absolute Gasteiger partial charge is 0.304 e. The van der Waals surface area contributed by atoms with Gasteiger partial charge >= 0.3 is 11.1 Å². The summed E-state index contributed by atoms with van der Waals surface area (Å²) in [6.07, 6.45) is 10.2. The molecule has 1 fully saturated rings. The third kappa shape index (κ3) is 1.50. The maximum absolute atomic E-state index is 11.7. The summed E-state index contributed by atoms with van der Waals surface area (Å²) < 4.78 is 2.77. The Morgan fingerprint density at radius 1 is 1.40 bits per heavy atom. The molecule has 1 aromatic heterocycles. The summed E-state index contributed by atoms with van der Waals surface area (Å²) in [6, 6.07) is 0. The van der Waals surface area contributed by atoms with E-state index in [0.717, 1.165) is 12.8 Å². The molecular formula is C11H12N2O2. The quantitative estimate of drug-likeness (QED) is 0.508. The second-order valence-corrected chi connectivity index (χ2v) is 4.11. The summed E-state index contributed by atoms with van der Waals surface area (Å²) in [6.45, 7) is 2.12. The number of hydrogen-bond acceptors (Lipinski definition) is 2. The van der Waals surface area contributed by atoms with Crippen molar-refractivity contribution in [3.63, 3.8) is 0 Å². The van der Waals surface area contributed by atoms with Gasteiger partial charge in [0.1, 0.15) is 0 Å². The third-order valence-corrected chi connectivity index (χ3v) is 2.88. The van der Waals surface area contributed by atoms with Crippen molar-refractivity contribution in [2.75, 3.05) is 0 Å². The highest BCUT2D eigenvalue weighted by Gasteiger charge is 2.40. The maximum Gasteiger partial charge on any atom is 0.317 e. The van der Waals surface area contributed by atoms with Gasteiger partial charge in [0.05, 0.1) is 6.54 Å². The van der Waals surface area contributed by atoms with Crippen molar-refractivity contribution in [2.45, 2.75) is 31.8 Å². The molecule has 78 valence electrons. The predicted octanol–water partition coefficient (Wildman–Crippen LogP) is 0.152. The summed E-state index contributed by atoms with van der Waals surface area (Å²) in [4.78, 5) is 23.3. The van der Waals surface area contributed by atoms with Crippen molar-refractivity contribution in [3.8, 4) is 12.3 Å². The zero-order chi connectivity index (χ0) is 11.1. The van der Waals surface area contributed by atoms with Gasteiger partial charge < -0.3 is 4.57 Å². The van der Waals surface area contributed by atoms with Crippen LogP contribution in [0.2, 0.25) is 0 Å². The van der Waals surface area contributed by atoms with Crippen molar-refractivity contribution in [3.05, 3.63) is 33.1 Å². The van der Waals surface area contributed by atoms with Gasteiger partial charge in [0.2, 0.25) is 0 Å². The number of nitrogens with zero attached hydrogens (tertiary/aromatic N) is 2. The zero-order valence-electron chi connectivity index (χ0n) is 8.56. The van der Waals surface area contributed by atoms with Gasteiger partial charge in [0, 0.05) is 17.9 Å². The van der Waals surface area contributed by atoms with Crippen LogP contribution in [-0.4, -0.2) is 9.13 Å². The fraction of sp³-hybridized carbons (Fsp3) is 0.455. The van der Waals surface area contributed by atoms with Crippen LogP contribution in [-0.2, 0) is 12.1 Å². The number of rotatable bonds is 2. The molecule has 0 amide bonds. The van der Waals surface area contributed by atoms with Crippen LogP contribution in [0, 0.1) is 12.3 Å². The first-order valence-corrected chi connectivity index (χ1v) is 4.84. The van der Waals surface area contributed by atoms with Gasteiger partial charge in [0.25, 0.3) is 0 Å². The van der Waals surface area contributed by atoms with E-state index in [1.165, 1.54) is 9.13 Å². The Morgan fingerprint density at radius 2 is 2.07 bits per heavy atom. The van der Waals surface area contributed by atoms with Crippen molar-refractivity contribution >= 4 is 0 Å². The van der Waals surface area contributed by atoms with Crippen LogP contribution in [0.3, 0.4) is 0 Å². The molecule has 1 aromatic rings. The lowest BCUT2D eigenvalue weighted by Crippen LogP contribution is -2.43. The van der Waals surface area contributed by atoms with Gasteiger partial charge in [-0.05, 0) is 19.8 Å². The SMILES string of the molecule is C#CCn1ccn(C2(C)CC2)c(=O)c1=O. The van der Waals surface area contributed by atoms with E-state index in [0.29, 0.717) is 0 Å². The minimum absolute atomic E-state index is 0.144. The van der Waals surface area contributed by atoms with E-state index < -0.39 is 11.1 Å². The van der Waals surface area contributed by atoms with Crippen molar-refractivity contribution in [1.29, 1.82) is 0 Å². The molecule has 4 nitrogen and oxygen atoms in total. The minimum atomic E-state index is -0.538. The predicted molar refractivity (Wildman–Crippen MR) is 56.7 cm³/mol. The molecule has 0 N–H and O–H groups in total. The van der Waals surface area contributed by atoms with E-state index in [2.05, 4.69) is 5.92 Å². The molecule has 0 aromatic carbocycles. The van der Waals surface area contributed by atoms with Crippen LogP contribution in [0.1, 0.15) is 19.8 Å². The van der Waals surface area contributed by atoms with Gasteiger partial charge in [-0.1, -0.05) is 5.92 Å². The molecule has 1 aliphatic carbocycles. The van der Waals surface area contributed by atoms with Crippen molar-refractivity contribution < 1.29 is 0 Å². The fourth-order valence-electron chi connectivity index (χ4n) is 1.58. The minimum Gasteiger partial charge on any atom is -0.304 e. The lowest BCUT2D eigenvalue weighted by molar-refractivity contribution is 0.497. The topological polar surface area (TPSA) is 44.0 Å². The Balaban J connectivity index is 2.56. The second kappa shape index (κ2) is 3.13.